The van der Waals surface area contributed by atoms with Crippen molar-refractivity contribution in [3.8, 4) is 0 Å². The molecule has 4 heteroatoms. The van der Waals surface area contributed by atoms with Crippen LogP contribution in [0.2, 0.25) is 0 Å². The highest BCUT2D eigenvalue weighted by molar-refractivity contribution is 6.44. The van der Waals surface area contributed by atoms with Crippen molar-refractivity contribution in [3.05, 3.63) is 0 Å². The highest BCUT2D eigenvalue weighted by Gasteiger charge is 1.93. The van der Waals surface area contributed by atoms with E-state index >= 15 is 0 Å². The predicted octanol–water partition coefficient (Wildman–Crippen LogP) is 0.338. The van der Waals surface area contributed by atoms with Gasteiger partial charge in [0.25, 0.3) is 0 Å². The first-order chi connectivity index (χ1) is 3.77. The SMILES string of the molecule is NCCNCC(Cl)Cl. The van der Waals surface area contributed by atoms with E-state index < -0.39 is 0 Å². The molecule has 0 rings (SSSR count). The maximum Gasteiger partial charge on any atom is 0.120 e. The normalized spacial score (nSPS) is 10.5. The van der Waals surface area contributed by atoms with Crippen LogP contribution < -0.4 is 11.1 Å². The Labute approximate surface area is 59.3 Å². The summed E-state index contributed by atoms with van der Waals surface area (Å²) in [6.45, 7) is 2.01. The molecule has 0 aliphatic heterocycles. The van der Waals surface area contributed by atoms with Gasteiger partial charge in [0.15, 0.2) is 0 Å². The molecule has 0 aliphatic rings. The fourth-order valence-corrected chi connectivity index (χ4v) is 0.531. The van der Waals surface area contributed by atoms with Crippen LogP contribution in [0.3, 0.4) is 0 Å². The zero-order valence-electron chi connectivity index (χ0n) is 4.53. The van der Waals surface area contributed by atoms with Crippen molar-refractivity contribution in [2.45, 2.75) is 4.84 Å². The number of alkyl halides is 2. The van der Waals surface area contributed by atoms with Crippen LogP contribution in [0.25, 0.3) is 0 Å². The van der Waals surface area contributed by atoms with Crippen molar-refractivity contribution in [1.82, 2.24) is 5.32 Å². The summed E-state index contributed by atoms with van der Waals surface area (Å²) < 4.78 is 0. The van der Waals surface area contributed by atoms with Crippen molar-refractivity contribution in [2.24, 2.45) is 5.73 Å². The lowest BCUT2D eigenvalue weighted by Crippen LogP contribution is -2.26. The first kappa shape index (κ1) is 8.50. The molecule has 0 heterocycles. The standard InChI is InChI=1S/C4H10Cl2N2/c5-4(6)3-8-2-1-7/h4,8H,1-3,7H2. The largest absolute Gasteiger partial charge is 0.329 e. The van der Waals surface area contributed by atoms with Gasteiger partial charge in [0, 0.05) is 19.6 Å². The van der Waals surface area contributed by atoms with Gasteiger partial charge < -0.3 is 11.1 Å². The summed E-state index contributed by atoms with van der Waals surface area (Å²) in [5.41, 5.74) is 5.17. The van der Waals surface area contributed by atoms with E-state index in [1.165, 1.54) is 0 Å². The zero-order valence-corrected chi connectivity index (χ0v) is 6.04. The van der Waals surface area contributed by atoms with Gasteiger partial charge in [-0.25, -0.2) is 0 Å². The molecular formula is C4H10Cl2N2. The highest BCUT2D eigenvalue weighted by Crippen LogP contribution is 1.96. The van der Waals surface area contributed by atoms with Crippen LogP contribution in [0.5, 0.6) is 0 Å². The minimum absolute atomic E-state index is 0.318. The van der Waals surface area contributed by atoms with Crippen LogP contribution in [-0.4, -0.2) is 24.5 Å². The van der Waals surface area contributed by atoms with Gasteiger partial charge >= 0.3 is 0 Å². The van der Waals surface area contributed by atoms with Gasteiger partial charge in [0.1, 0.15) is 4.84 Å². The van der Waals surface area contributed by atoms with Gasteiger partial charge in [0.05, 0.1) is 0 Å². The summed E-state index contributed by atoms with van der Waals surface area (Å²) in [7, 11) is 0. The Kier molecular flexibility index (Phi) is 5.99. The van der Waals surface area contributed by atoms with Crippen LogP contribution in [0, 0.1) is 0 Å². The van der Waals surface area contributed by atoms with E-state index in [1.54, 1.807) is 0 Å². The lowest BCUT2D eigenvalue weighted by Gasteiger charge is -2.00. The molecule has 3 N–H and O–H groups in total. The van der Waals surface area contributed by atoms with Crippen LogP contribution in [-0.2, 0) is 0 Å². The van der Waals surface area contributed by atoms with E-state index in [9.17, 15) is 0 Å². The van der Waals surface area contributed by atoms with Crippen molar-refractivity contribution in [3.63, 3.8) is 0 Å². The molecule has 2 nitrogen and oxygen atoms in total. The van der Waals surface area contributed by atoms with Gasteiger partial charge in [0.2, 0.25) is 0 Å². The van der Waals surface area contributed by atoms with Crippen molar-refractivity contribution < 1.29 is 0 Å². The van der Waals surface area contributed by atoms with Crippen LogP contribution in [0.15, 0.2) is 0 Å². The lowest BCUT2D eigenvalue weighted by molar-refractivity contribution is 0.715. The minimum Gasteiger partial charge on any atom is -0.329 e. The number of rotatable bonds is 4. The molecule has 0 aromatic carbocycles. The van der Waals surface area contributed by atoms with E-state index in [0.717, 1.165) is 6.54 Å². The van der Waals surface area contributed by atoms with Gasteiger partial charge in [-0.2, -0.15) is 0 Å². The average Bonchev–Trinajstić information content (AvgIpc) is 1.66. The molecule has 50 valence electrons. The summed E-state index contributed by atoms with van der Waals surface area (Å²) in [4.78, 5) is -0.318. The third-order valence-corrected chi connectivity index (χ3v) is 0.928. The Balaban J connectivity index is 2.72. The molecule has 8 heavy (non-hydrogen) atoms. The van der Waals surface area contributed by atoms with Crippen molar-refractivity contribution >= 4 is 23.2 Å². The third kappa shape index (κ3) is 6.50. The number of nitrogens with two attached hydrogens (primary N) is 1. The van der Waals surface area contributed by atoms with E-state index in [4.69, 9.17) is 28.9 Å². The first-order valence-corrected chi connectivity index (χ1v) is 3.33. The van der Waals surface area contributed by atoms with Crippen LogP contribution in [0.1, 0.15) is 0 Å². The summed E-state index contributed by atoms with van der Waals surface area (Å²) in [6.07, 6.45) is 0. The summed E-state index contributed by atoms with van der Waals surface area (Å²) in [5.74, 6) is 0. The quantitative estimate of drug-likeness (QED) is 0.456. The second-order valence-electron chi connectivity index (χ2n) is 1.38. The number of hydrogen-bond acceptors (Lipinski definition) is 2. The molecule has 0 unspecified atom stereocenters. The van der Waals surface area contributed by atoms with E-state index in [1.807, 2.05) is 0 Å². The highest BCUT2D eigenvalue weighted by atomic mass is 35.5. The van der Waals surface area contributed by atoms with Crippen LogP contribution >= 0.6 is 23.2 Å². The molecule has 0 bridgehead atoms. The molecule has 0 saturated carbocycles. The smallest absolute Gasteiger partial charge is 0.120 e. The van der Waals surface area contributed by atoms with E-state index in [-0.39, 0.29) is 4.84 Å². The summed E-state index contributed by atoms with van der Waals surface area (Å²) in [5, 5.41) is 2.95. The topological polar surface area (TPSA) is 38.0 Å². The number of nitrogens with one attached hydrogen (secondary N) is 1. The lowest BCUT2D eigenvalue weighted by atomic mass is 10.6. The Bertz CT molecular complexity index is 49.3. The second-order valence-corrected chi connectivity index (χ2v) is 2.66. The fourth-order valence-electron chi connectivity index (χ4n) is 0.313. The van der Waals surface area contributed by atoms with E-state index in [0.29, 0.717) is 13.1 Å². The van der Waals surface area contributed by atoms with Crippen molar-refractivity contribution in [1.29, 1.82) is 0 Å². The molecular weight excluding hydrogens is 147 g/mol. The van der Waals surface area contributed by atoms with Gasteiger partial charge in [-0.15, -0.1) is 23.2 Å². The van der Waals surface area contributed by atoms with Gasteiger partial charge in [-0.05, 0) is 0 Å². The summed E-state index contributed by atoms with van der Waals surface area (Å²) >= 11 is 10.8. The molecule has 0 atom stereocenters. The monoisotopic (exact) mass is 156 g/mol. The Morgan fingerprint density at radius 3 is 2.50 bits per heavy atom. The molecule has 0 saturated heterocycles. The van der Waals surface area contributed by atoms with E-state index in [2.05, 4.69) is 5.32 Å². The third-order valence-electron chi connectivity index (χ3n) is 0.620. The predicted molar refractivity (Wildman–Crippen MR) is 37.4 cm³/mol. The van der Waals surface area contributed by atoms with Crippen LogP contribution in [0.4, 0.5) is 0 Å². The maximum absolute atomic E-state index is 5.38. The van der Waals surface area contributed by atoms with Crippen molar-refractivity contribution in [2.75, 3.05) is 19.6 Å². The average molecular weight is 157 g/mol. The molecule has 0 aromatic heterocycles. The summed E-state index contributed by atoms with van der Waals surface area (Å²) in [6, 6.07) is 0. The second kappa shape index (κ2) is 5.63. The molecule has 0 fully saturated rings. The zero-order chi connectivity index (χ0) is 6.41. The van der Waals surface area contributed by atoms with Gasteiger partial charge in [-0.3, -0.25) is 0 Å². The molecule has 0 spiro atoms. The van der Waals surface area contributed by atoms with Gasteiger partial charge in [-0.1, -0.05) is 0 Å². The Morgan fingerprint density at radius 2 is 2.12 bits per heavy atom. The first-order valence-electron chi connectivity index (χ1n) is 2.46. The maximum atomic E-state index is 5.38. The molecule has 0 aliphatic carbocycles. The Hall–Kier alpha value is 0.500. The Morgan fingerprint density at radius 1 is 1.50 bits per heavy atom. The molecule has 0 aromatic rings. The molecule has 0 amide bonds. The number of hydrogen-bond donors (Lipinski definition) is 2. The minimum atomic E-state index is -0.318. The fraction of sp³-hybridized carbons (Fsp3) is 1.00. The molecule has 0 radical (unpaired) electrons. The number of halogens is 2.